The number of carboxylic acid groups (broad SMARTS) is 2. The number of nitrogens with two attached hydrogens (primary N) is 1. The van der Waals surface area contributed by atoms with Gasteiger partial charge in [0.2, 0.25) is 5.91 Å². The molecule has 0 atom stereocenters. The third-order valence-electron chi connectivity index (χ3n) is 2.11. The first-order valence-corrected chi connectivity index (χ1v) is 4.42. The van der Waals surface area contributed by atoms with Crippen molar-refractivity contribution in [3.8, 4) is 0 Å². The zero-order valence-corrected chi connectivity index (χ0v) is 11.7. The Kier molecular flexibility index (Phi) is 11.6. The summed E-state index contributed by atoms with van der Waals surface area (Å²) in [4.78, 5) is 32.4. The molecule has 1 aromatic carbocycles. The van der Waals surface area contributed by atoms with E-state index >= 15 is 0 Å². The van der Waals surface area contributed by atoms with E-state index in [2.05, 4.69) is 0 Å². The molecule has 0 unspecified atom stereocenters. The van der Waals surface area contributed by atoms with Gasteiger partial charge in [-0.15, -0.1) is 0 Å². The molecule has 0 aliphatic heterocycles. The van der Waals surface area contributed by atoms with Gasteiger partial charge in [-0.1, -0.05) is 0 Å². The summed E-state index contributed by atoms with van der Waals surface area (Å²) in [6, 6.07) is 1.13. The summed E-state index contributed by atoms with van der Waals surface area (Å²) >= 11 is 0. The topological polar surface area (TPSA) is 170 Å². The predicted molar refractivity (Wildman–Crippen MR) is 50.4 cm³/mol. The molecule has 11 heteroatoms. The summed E-state index contributed by atoms with van der Waals surface area (Å²) < 4.78 is 0. The molecule has 3 N–H and O–H groups in total. The van der Waals surface area contributed by atoms with Crippen LogP contribution >= 0.6 is 0 Å². The maximum absolute atomic E-state index is 11.0. The van der Waals surface area contributed by atoms with Crippen LogP contribution in [0.1, 0.15) is 36.6 Å². The van der Waals surface area contributed by atoms with E-state index in [1.807, 2.05) is 0 Å². The fourth-order valence-electron chi connectivity index (χ4n) is 1.33. The van der Waals surface area contributed by atoms with Crippen molar-refractivity contribution in [2.24, 2.45) is 5.73 Å². The molecule has 0 heterocycles. The van der Waals surface area contributed by atoms with E-state index in [9.17, 15) is 29.7 Å². The van der Waals surface area contributed by atoms with Crippen LogP contribution in [-0.2, 0) is 0 Å². The number of carbonyl (C=O) groups excluding carboxylic acids is 3. The molecule has 94 valence electrons. The van der Waals surface area contributed by atoms with Gasteiger partial charge in [0.25, 0.3) is 0 Å². The molecule has 8 nitrogen and oxygen atoms in total. The van der Waals surface area contributed by atoms with Crippen molar-refractivity contribution in [1.82, 2.24) is 0 Å². The number of nitrogens with one attached hydrogen (secondary N) is 1. The number of hydrogen-bond acceptors (Lipinski definition) is 7. The molecular weight excluding hydrogens is 265 g/mol. The Bertz CT molecular complexity index is 492. The van der Waals surface area contributed by atoms with Crippen molar-refractivity contribution in [3.05, 3.63) is 34.4 Å². The van der Waals surface area contributed by atoms with Crippen LogP contribution in [-0.4, -0.2) is 23.7 Å². The van der Waals surface area contributed by atoms with Gasteiger partial charge in [0, 0.05) is 16.7 Å². The molecule has 0 aliphatic rings. The predicted octanol–water partition coefficient (Wildman–Crippen LogP) is -12.8. The van der Waals surface area contributed by atoms with E-state index in [0.717, 1.165) is 0 Å². The number of amides is 1. The minimum atomic E-state index is -1.86. The van der Waals surface area contributed by atoms with Gasteiger partial charge in [0.1, 0.15) is 0 Å². The molecule has 0 saturated heterocycles. The maximum Gasteiger partial charge on any atom is 1.00 e. The molecule has 1 aromatic rings. The molecule has 0 radical (unpaired) electrons. The minimum absolute atomic E-state index is 0. The van der Waals surface area contributed by atoms with Crippen molar-refractivity contribution in [2.45, 2.75) is 0 Å². The monoisotopic (exact) mass is 270 g/mol. The summed E-state index contributed by atoms with van der Waals surface area (Å²) in [7, 11) is 0. The van der Waals surface area contributed by atoms with Gasteiger partial charge in [-0.2, -0.15) is 0 Å². The Morgan fingerprint density at radius 3 is 1.43 bits per heavy atom. The normalized spacial score (nSPS) is 8.38. The van der Waals surface area contributed by atoms with E-state index in [1.54, 1.807) is 0 Å². The summed E-state index contributed by atoms with van der Waals surface area (Å²) in [6.07, 6.45) is 0. The van der Waals surface area contributed by atoms with Gasteiger partial charge in [0.15, 0.2) is 0 Å². The number of benzene rings is 1. The fourth-order valence-corrected chi connectivity index (χ4v) is 1.33. The Hall–Kier alpha value is -1.11. The second-order valence-corrected chi connectivity index (χ2v) is 3.21. The standard InChI is InChI=1S/C10H8N2O6.3Li/c11-7(13)3-1-4(8(12)14)6(10(17)18)2-5(3)9(15)16;;;/h1-2H,(H2,11,13)(H2,12,14)(H,15,16)(H,17,18);;;/q;3*+1/p-3. The summed E-state index contributed by atoms with van der Waals surface area (Å²) in [5, 5.41) is 39.1. The number of carbonyl (C=O) groups is 3. The van der Waals surface area contributed by atoms with E-state index in [-0.39, 0.29) is 56.6 Å². The van der Waals surface area contributed by atoms with Crippen LogP contribution in [0.15, 0.2) is 12.1 Å². The largest absolute Gasteiger partial charge is 1.00 e. The summed E-state index contributed by atoms with van der Waals surface area (Å²) in [5.41, 5.74) is 1.97. The number of rotatable bonds is 4. The van der Waals surface area contributed by atoms with Crippen LogP contribution in [0.4, 0.5) is 0 Å². The Balaban J connectivity index is -0.00000108. The fraction of sp³-hybridized carbons (Fsp3) is 0. The first kappa shape index (κ1) is 24.9. The number of carboxylic acids is 2. The Morgan fingerprint density at radius 2 is 1.14 bits per heavy atom. The van der Waals surface area contributed by atoms with E-state index in [0.29, 0.717) is 12.1 Å². The molecule has 1 rings (SSSR count). The van der Waals surface area contributed by atoms with Crippen LogP contribution < -0.4 is 77.6 Å². The molecule has 21 heavy (non-hydrogen) atoms. The van der Waals surface area contributed by atoms with Crippen LogP contribution in [0.2, 0.25) is 0 Å². The molecular formula is C10H5Li3N2O6. The van der Waals surface area contributed by atoms with Crippen molar-refractivity contribution in [3.63, 3.8) is 0 Å². The van der Waals surface area contributed by atoms with Gasteiger partial charge >= 0.3 is 56.6 Å². The number of hydrogen-bond donors (Lipinski definition) is 2. The van der Waals surface area contributed by atoms with Gasteiger partial charge in [-0.3, -0.25) is 4.79 Å². The summed E-state index contributed by atoms with van der Waals surface area (Å²) in [5.74, 6) is -6.30. The zero-order chi connectivity index (χ0) is 14.0. The second kappa shape index (κ2) is 9.76. The third-order valence-corrected chi connectivity index (χ3v) is 2.11. The molecule has 0 fully saturated rings. The zero-order valence-electron chi connectivity index (χ0n) is 11.7. The van der Waals surface area contributed by atoms with E-state index in [4.69, 9.17) is 11.1 Å². The molecule has 0 bridgehead atoms. The first-order valence-electron chi connectivity index (χ1n) is 4.42. The van der Waals surface area contributed by atoms with Crippen LogP contribution in [0.3, 0.4) is 0 Å². The SMILES string of the molecule is N=C([O-])c1cc(C(N)=O)c(C(=O)[O-])cc1C(=O)[O-].[Li+].[Li+].[Li+]. The van der Waals surface area contributed by atoms with E-state index < -0.39 is 46.0 Å². The average Bonchev–Trinajstić information content (AvgIpc) is 2.26. The molecule has 0 spiro atoms. The van der Waals surface area contributed by atoms with Crippen molar-refractivity contribution >= 4 is 23.7 Å². The van der Waals surface area contributed by atoms with Crippen LogP contribution in [0.25, 0.3) is 0 Å². The first-order chi connectivity index (χ1) is 8.25. The third kappa shape index (κ3) is 5.65. The smallest absolute Gasteiger partial charge is 0.859 e. The van der Waals surface area contributed by atoms with Crippen molar-refractivity contribution in [1.29, 1.82) is 5.41 Å². The van der Waals surface area contributed by atoms with Crippen LogP contribution in [0, 0.1) is 5.41 Å². The second-order valence-electron chi connectivity index (χ2n) is 3.21. The van der Waals surface area contributed by atoms with Crippen LogP contribution in [0.5, 0.6) is 0 Å². The Morgan fingerprint density at radius 1 is 0.810 bits per heavy atom. The van der Waals surface area contributed by atoms with Gasteiger partial charge in [0.05, 0.1) is 11.9 Å². The van der Waals surface area contributed by atoms with Crippen molar-refractivity contribution in [2.75, 3.05) is 0 Å². The number of primary amides is 1. The summed E-state index contributed by atoms with van der Waals surface area (Å²) in [6.45, 7) is 0. The van der Waals surface area contributed by atoms with Gasteiger partial charge in [-0.05, 0) is 23.6 Å². The maximum atomic E-state index is 11.0. The quantitative estimate of drug-likeness (QED) is 0.312. The Labute approximate surface area is 155 Å². The minimum Gasteiger partial charge on any atom is -0.859 e. The van der Waals surface area contributed by atoms with Gasteiger partial charge < -0.3 is 36.1 Å². The molecule has 0 saturated carbocycles. The average molecular weight is 270 g/mol. The van der Waals surface area contributed by atoms with Gasteiger partial charge in [-0.25, -0.2) is 0 Å². The van der Waals surface area contributed by atoms with Crippen molar-refractivity contribution < 1.29 is 86.3 Å². The molecule has 0 aromatic heterocycles. The number of aromatic carboxylic acids is 2. The molecule has 0 aliphatic carbocycles. The van der Waals surface area contributed by atoms with E-state index in [1.165, 1.54) is 0 Å². The molecule has 1 amide bonds.